The van der Waals surface area contributed by atoms with E-state index in [0.29, 0.717) is 11.1 Å². The van der Waals surface area contributed by atoms with Gasteiger partial charge >= 0.3 is 17.9 Å². The molecule has 0 amide bonds. The third-order valence-corrected chi connectivity index (χ3v) is 5.78. The molecule has 4 atom stereocenters. The number of carboxylic acid groups (broad SMARTS) is 1. The van der Waals surface area contributed by atoms with Gasteiger partial charge in [-0.1, -0.05) is 12.1 Å². The molecule has 0 saturated heterocycles. The third kappa shape index (κ3) is 6.81. The molecule has 1 fully saturated rings. The van der Waals surface area contributed by atoms with Gasteiger partial charge < -0.3 is 44.8 Å². The van der Waals surface area contributed by atoms with E-state index in [1.165, 1.54) is 55.7 Å². The van der Waals surface area contributed by atoms with Crippen molar-refractivity contribution in [2.75, 3.05) is 7.11 Å². The summed E-state index contributed by atoms with van der Waals surface area (Å²) in [5.41, 5.74) is -1.66. The summed E-state index contributed by atoms with van der Waals surface area (Å²) in [6.45, 7) is 0. The fourth-order valence-corrected chi connectivity index (χ4v) is 3.81. The van der Waals surface area contributed by atoms with E-state index < -0.39 is 60.4 Å². The highest BCUT2D eigenvalue weighted by Crippen LogP contribution is 2.33. The van der Waals surface area contributed by atoms with Gasteiger partial charge in [-0.3, -0.25) is 0 Å². The molecule has 12 heteroatoms. The Labute approximate surface area is 216 Å². The normalized spacial score (nSPS) is 23.3. The van der Waals surface area contributed by atoms with E-state index >= 15 is 0 Å². The van der Waals surface area contributed by atoms with Crippen LogP contribution in [-0.4, -0.2) is 79.6 Å². The zero-order valence-electron chi connectivity index (χ0n) is 20.1. The van der Waals surface area contributed by atoms with Crippen molar-refractivity contribution < 1.29 is 59.2 Å². The average Bonchev–Trinajstić information content (AvgIpc) is 2.86. The molecule has 1 saturated carbocycles. The highest BCUT2D eigenvalue weighted by Gasteiger charge is 2.52. The smallest absolute Gasteiger partial charge is 0.335 e. The van der Waals surface area contributed by atoms with Gasteiger partial charge in [0.15, 0.2) is 34.7 Å². The maximum atomic E-state index is 12.5. The number of carbonyl (C=O) groups excluding carboxylic acids is 2. The lowest BCUT2D eigenvalue weighted by molar-refractivity contribution is -0.204. The molecular weight excluding hydrogens is 504 g/mol. The lowest BCUT2D eigenvalue weighted by Gasteiger charge is -2.40. The van der Waals surface area contributed by atoms with Crippen molar-refractivity contribution in [3.63, 3.8) is 0 Å². The highest BCUT2D eigenvalue weighted by molar-refractivity contribution is 5.88. The van der Waals surface area contributed by atoms with E-state index in [-0.39, 0.29) is 17.2 Å². The quantitative estimate of drug-likeness (QED) is 0.163. The van der Waals surface area contributed by atoms with Crippen LogP contribution in [0.2, 0.25) is 0 Å². The van der Waals surface area contributed by atoms with Crippen LogP contribution in [0.15, 0.2) is 48.6 Å². The van der Waals surface area contributed by atoms with Gasteiger partial charge in [-0.25, -0.2) is 14.4 Å². The molecule has 202 valence electrons. The monoisotopic (exact) mass is 530 g/mol. The molecule has 0 bridgehead atoms. The summed E-state index contributed by atoms with van der Waals surface area (Å²) in [6.07, 6.45) is -1.56. The molecule has 0 aliphatic heterocycles. The summed E-state index contributed by atoms with van der Waals surface area (Å²) in [7, 11) is 1.35. The fraction of sp³-hybridized carbons (Fsp3) is 0.269. The molecule has 1 aliphatic rings. The van der Waals surface area contributed by atoms with Crippen molar-refractivity contribution in [3.05, 3.63) is 59.7 Å². The predicted molar refractivity (Wildman–Crippen MR) is 130 cm³/mol. The van der Waals surface area contributed by atoms with Gasteiger partial charge in [-0.05, 0) is 47.5 Å². The number of aromatic hydroxyl groups is 3. The standard InChI is InChI=1S/C26H26O12/c1-36-20-11-15(3-7-17(20)28)5-9-23(32)38-24-19(30)12-26(35,25(33)34)13-21(24)37-22(31)8-4-14-2-6-16(27)18(29)10-14/h2-11,19,21,24,27-30,35H,12-13H2,1H3,(H,33,34)/t19?,21?,24-,26+/m0/s1. The van der Waals surface area contributed by atoms with Crippen LogP contribution < -0.4 is 4.74 Å². The van der Waals surface area contributed by atoms with Crippen molar-refractivity contribution >= 4 is 30.1 Å². The maximum Gasteiger partial charge on any atom is 0.335 e. The number of phenols is 3. The van der Waals surface area contributed by atoms with Crippen molar-refractivity contribution in [1.29, 1.82) is 0 Å². The first-order valence-corrected chi connectivity index (χ1v) is 11.2. The summed E-state index contributed by atoms with van der Waals surface area (Å²) < 4.78 is 15.5. The van der Waals surface area contributed by atoms with Gasteiger partial charge in [0.1, 0.15) is 6.10 Å². The van der Waals surface area contributed by atoms with Gasteiger partial charge in [0.05, 0.1) is 13.2 Å². The summed E-state index contributed by atoms with van der Waals surface area (Å²) in [5.74, 6) is -4.36. The summed E-state index contributed by atoms with van der Waals surface area (Å²) in [4.78, 5) is 36.5. The van der Waals surface area contributed by atoms with Crippen LogP contribution in [0, 0.1) is 0 Å². The number of hydrogen-bond donors (Lipinski definition) is 6. The Morgan fingerprint density at radius 1 is 0.868 bits per heavy atom. The highest BCUT2D eigenvalue weighted by atomic mass is 16.6. The summed E-state index contributed by atoms with van der Waals surface area (Å²) in [6, 6.07) is 8.06. The number of aliphatic hydroxyl groups excluding tert-OH is 1. The Balaban J connectivity index is 1.75. The number of aliphatic carboxylic acids is 1. The molecular formula is C26H26O12. The van der Waals surface area contributed by atoms with E-state index in [4.69, 9.17) is 14.2 Å². The van der Waals surface area contributed by atoms with Crippen LogP contribution in [0.5, 0.6) is 23.0 Å². The van der Waals surface area contributed by atoms with Crippen LogP contribution in [0.4, 0.5) is 0 Å². The first kappa shape index (κ1) is 28.0. The number of ether oxygens (including phenoxy) is 3. The van der Waals surface area contributed by atoms with Gasteiger partial charge in [-0.2, -0.15) is 0 Å². The molecule has 12 nitrogen and oxygen atoms in total. The topological polar surface area (TPSA) is 200 Å². The molecule has 0 radical (unpaired) electrons. The molecule has 2 unspecified atom stereocenters. The Hall–Kier alpha value is -4.55. The van der Waals surface area contributed by atoms with Crippen molar-refractivity contribution in [1.82, 2.24) is 0 Å². The minimum atomic E-state index is -2.45. The van der Waals surface area contributed by atoms with Gasteiger partial charge in [0.25, 0.3) is 0 Å². The maximum absolute atomic E-state index is 12.5. The van der Waals surface area contributed by atoms with Crippen LogP contribution in [0.25, 0.3) is 12.2 Å². The molecule has 2 aromatic rings. The number of carboxylic acids is 1. The minimum absolute atomic E-state index is 0.107. The number of phenolic OH excluding ortho intramolecular Hbond substituents is 3. The molecule has 0 aromatic heterocycles. The van der Waals surface area contributed by atoms with Gasteiger partial charge in [-0.15, -0.1) is 0 Å². The van der Waals surface area contributed by atoms with Crippen LogP contribution in [-0.2, 0) is 23.9 Å². The van der Waals surface area contributed by atoms with E-state index in [1.54, 1.807) is 0 Å². The second kappa shape index (κ2) is 11.7. The molecule has 2 aromatic carbocycles. The lowest BCUT2D eigenvalue weighted by atomic mass is 9.79. The second-order valence-electron chi connectivity index (χ2n) is 8.54. The molecule has 0 heterocycles. The van der Waals surface area contributed by atoms with Crippen LogP contribution >= 0.6 is 0 Å². The molecule has 0 spiro atoms. The Morgan fingerprint density at radius 2 is 1.45 bits per heavy atom. The predicted octanol–water partition coefficient (Wildman–Crippen LogP) is 1.33. The molecule has 1 aliphatic carbocycles. The first-order chi connectivity index (χ1) is 17.9. The minimum Gasteiger partial charge on any atom is -0.504 e. The van der Waals surface area contributed by atoms with Crippen LogP contribution in [0.1, 0.15) is 24.0 Å². The third-order valence-electron chi connectivity index (χ3n) is 5.78. The van der Waals surface area contributed by atoms with Crippen LogP contribution in [0.3, 0.4) is 0 Å². The first-order valence-electron chi connectivity index (χ1n) is 11.2. The number of methoxy groups -OCH3 is 1. The van der Waals surface area contributed by atoms with E-state index in [1.807, 2.05) is 0 Å². The number of rotatable bonds is 8. The van der Waals surface area contributed by atoms with Gasteiger partial charge in [0.2, 0.25) is 0 Å². The average molecular weight is 530 g/mol. The fourth-order valence-electron chi connectivity index (χ4n) is 3.81. The Bertz CT molecular complexity index is 1270. The lowest BCUT2D eigenvalue weighted by Crippen LogP contribution is -2.58. The zero-order chi connectivity index (χ0) is 28.0. The number of benzene rings is 2. The van der Waals surface area contributed by atoms with Crippen molar-refractivity contribution in [2.24, 2.45) is 0 Å². The van der Waals surface area contributed by atoms with Crippen molar-refractivity contribution in [3.8, 4) is 23.0 Å². The SMILES string of the molecule is COc1cc(C=CC(=O)O[C@H]2C(O)C[C@](O)(C(=O)O)CC2OC(=O)C=Cc2ccc(O)c(O)c2)ccc1O. The largest absolute Gasteiger partial charge is 0.504 e. The number of carbonyl (C=O) groups is 3. The van der Waals surface area contributed by atoms with Gasteiger partial charge in [0, 0.05) is 25.0 Å². The summed E-state index contributed by atoms with van der Waals surface area (Å²) >= 11 is 0. The number of aliphatic hydroxyl groups is 2. The molecule has 38 heavy (non-hydrogen) atoms. The Morgan fingerprint density at radius 3 is 2.03 bits per heavy atom. The zero-order valence-corrected chi connectivity index (χ0v) is 20.1. The van der Waals surface area contributed by atoms with E-state index in [9.17, 15) is 45.0 Å². The Kier molecular flexibility index (Phi) is 8.61. The van der Waals surface area contributed by atoms with E-state index in [0.717, 1.165) is 12.2 Å². The molecule has 3 rings (SSSR count). The summed E-state index contributed by atoms with van der Waals surface area (Å²) in [5, 5.41) is 58.9. The van der Waals surface area contributed by atoms with Crippen molar-refractivity contribution in [2.45, 2.75) is 36.8 Å². The number of hydrogen-bond acceptors (Lipinski definition) is 11. The number of esters is 2. The van der Waals surface area contributed by atoms with E-state index in [2.05, 4.69) is 0 Å². The second-order valence-corrected chi connectivity index (χ2v) is 8.54. The molecule has 6 N–H and O–H groups in total.